The number of piperazine rings is 1. The summed E-state index contributed by atoms with van der Waals surface area (Å²) in [6.07, 6.45) is 4.54. The van der Waals surface area contributed by atoms with Crippen LogP contribution in [0.1, 0.15) is 18.6 Å². The van der Waals surface area contributed by atoms with Gasteiger partial charge in [-0.15, -0.1) is 0 Å². The van der Waals surface area contributed by atoms with Gasteiger partial charge in [-0.1, -0.05) is 5.16 Å². The highest BCUT2D eigenvalue weighted by Gasteiger charge is 2.33. The molecule has 1 saturated heterocycles. The lowest BCUT2D eigenvalue weighted by atomic mass is 10.1. The fourth-order valence-corrected chi connectivity index (χ4v) is 2.34. The Bertz CT molecular complexity index is 308. The van der Waals surface area contributed by atoms with Crippen LogP contribution in [0.15, 0.2) is 16.8 Å². The van der Waals surface area contributed by atoms with E-state index in [0.29, 0.717) is 6.04 Å². The lowest BCUT2D eigenvalue weighted by Crippen LogP contribution is -2.51. The molecule has 1 atom stereocenters. The molecule has 0 aromatic carbocycles. The van der Waals surface area contributed by atoms with E-state index >= 15 is 0 Å². The van der Waals surface area contributed by atoms with Crippen LogP contribution in [0.5, 0.6) is 0 Å². The van der Waals surface area contributed by atoms with Crippen LogP contribution in [-0.4, -0.2) is 35.7 Å². The predicted octanol–water partition coefficient (Wildman–Crippen LogP) is 0.858. The van der Waals surface area contributed by atoms with Crippen molar-refractivity contribution >= 4 is 0 Å². The van der Waals surface area contributed by atoms with Gasteiger partial charge in [0.1, 0.15) is 0 Å². The maximum atomic E-state index is 5.14. The Morgan fingerprint density at radius 1 is 1.53 bits per heavy atom. The third kappa shape index (κ3) is 2.21. The molecule has 4 nitrogen and oxygen atoms in total. The molecule has 0 bridgehead atoms. The Balaban J connectivity index is 1.56. The summed E-state index contributed by atoms with van der Waals surface area (Å²) in [5, 5.41) is 7.34. The Kier molecular flexibility index (Phi) is 2.46. The fourth-order valence-electron chi connectivity index (χ4n) is 2.34. The molecule has 1 unspecified atom stereocenters. The summed E-state index contributed by atoms with van der Waals surface area (Å²) in [6.45, 7) is 4.29. The van der Waals surface area contributed by atoms with Gasteiger partial charge < -0.3 is 9.84 Å². The Hall–Kier alpha value is -0.870. The SMILES string of the molecule is c1cc(CN2CCNC(C3CC3)C2)on1. The average molecular weight is 207 g/mol. The molecule has 1 aromatic rings. The minimum Gasteiger partial charge on any atom is -0.360 e. The van der Waals surface area contributed by atoms with Gasteiger partial charge in [0.25, 0.3) is 0 Å². The fraction of sp³-hybridized carbons (Fsp3) is 0.727. The van der Waals surface area contributed by atoms with Crippen molar-refractivity contribution in [2.24, 2.45) is 5.92 Å². The van der Waals surface area contributed by atoms with Gasteiger partial charge in [0, 0.05) is 31.7 Å². The minimum absolute atomic E-state index is 0.710. The van der Waals surface area contributed by atoms with E-state index in [1.807, 2.05) is 6.07 Å². The Morgan fingerprint density at radius 2 is 2.47 bits per heavy atom. The molecule has 1 aliphatic carbocycles. The highest BCUT2D eigenvalue weighted by atomic mass is 16.5. The summed E-state index contributed by atoms with van der Waals surface area (Å²) in [7, 11) is 0. The molecule has 3 rings (SSSR count). The number of rotatable bonds is 3. The van der Waals surface area contributed by atoms with E-state index in [1.165, 1.54) is 12.8 Å². The normalized spacial score (nSPS) is 28.1. The second-order valence-corrected chi connectivity index (χ2v) is 4.61. The lowest BCUT2D eigenvalue weighted by Gasteiger charge is -2.33. The van der Waals surface area contributed by atoms with Gasteiger partial charge in [0.2, 0.25) is 0 Å². The van der Waals surface area contributed by atoms with E-state index in [1.54, 1.807) is 6.20 Å². The predicted molar refractivity (Wildman–Crippen MR) is 56.3 cm³/mol. The van der Waals surface area contributed by atoms with Crippen LogP contribution >= 0.6 is 0 Å². The van der Waals surface area contributed by atoms with Crippen molar-refractivity contribution in [1.82, 2.24) is 15.4 Å². The van der Waals surface area contributed by atoms with Crippen molar-refractivity contribution in [3.05, 3.63) is 18.0 Å². The van der Waals surface area contributed by atoms with E-state index in [4.69, 9.17) is 4.52 Å². The standard InChI is InChI=1S/C11H17N3O/c1-2-9(1)11-8-14(6-5-12-11)7-10-3-4-13-15-10/h3-4,9,11-12H,1-2,5-8H2. The molecule has 1 N–H and O–H groups in total. The van der Waals surface area contributed by atoms with Crippen molar-refractivity contribution in [3.63, 3.8) is 0 Å². The molecule has 82 valence electrons. The van der Waals surface area contributed by atoms with Gasteiger partial charge in [-0.3, -0.25) is 4.90 Å². The van der Waals surface area contributed by atoms with E-state index < -0.39 is 0 Å². The second kappa shape index (κ2) is 3.94. The quantitative estimate of drug-likeness (QED) is 0.798. The molecule has 2 fully saturated rings. The van der Waals surface area contributed by atoms with Gasteiger partial charge >= 0.3 is 0 Å². The van der Waals surface area contributed by atoms with Crippen LogP contribution in [0, 0.1) is 5.92 Å². The van der Waals surface area contributed by atoms with Crippen molar-refractivity contribution < 1.29 is 4.52 Å². The maximum Gasteiger partial charge on any atom is 0.150 e. The first kappa shape index (κ1) is 9.36. The van der Waals surface area contributed by atoms with Crippen molar-refractivity contribution in [2.45, 2.75) is 25.4 Å². The van der Waals surface area contributed by atoms with Gasteiger partial charge in [0.15, 0.2) is 5.76 Å². The van der Waals surface area contributed by atoms with Gasteiger partial charge in [0.05, 0.1) is 12.7 Å². The smallest absolute Gasteiger partial charge is 0.150 e. The zero-order valence-corrected chi connectivity index (χ0v) is 8.85. The molecular weight excluding hydrogens is 190 g/mol. The third-order valence-electron chi connectivity index (χ3n) is 3.35. The Morgan fingerprint density at radius 3 is 3.20 bits per heavy atom. The van der Waals surface area contributed by atoms with Crippen LogP contribution < -0.4 is 5.32 Å². The zero-order valence-electron chi connectivity index (χ0n) is 8.85. The van der Waals surface area contributed by atoms with Crippen LogP contribution in [0.4, 0.5) is 0 Å². The molecule has 1 saturated carbocycles. The summed E-state index contributed by atoms with van der Waals surface area (Å²) < 4.78 is 5.14. The van der Waals surface area contributed by atoms with Crippen LogP contribution in [0.2, 0.25) is 0 Å². The molecule has 2 aliphatic rings. The second-order valence-electron chi connectivity index (χ2n) is 4.61. The molecule has 1 aromatic heterocycles. The highest BCUT2D eigenvalue weighted by Crippen LogP contribution is 2.33. The van der Waals surface area contributed by atoms with Crippen LogP contribution in [0.25, 0.3) is 0 Å². The number of nitrogens with zero attached hydrogens (tertiary/aromatic N) is 2. The molecule has 1 aliphatic heterocycles. The molecule has 0 amide bonds. The Labute approximate surface area is 89.6 Å². The van der Waals surface area contributed by atoms with Crippen LogP contribution in [0.3, 0.4) is 0 Å². The molecular formula is C11H17N3O. The molecule has 15 heavy (non-hydrogen) atoms. The van der Waals surface area contributed by atoms with Crippen molar-refractivity contribution in [2.75, 3.05) is 19.6 Å². The van der Waals surface area contributed by atoms with E-state index in [2.05, 4.69) is 15.4 Å². The molecule has 2 heterocycles. The summed E-state index contributed by atoms with van der Waals surface area (Å²) in [5.74, 6) is 1.91. The zero-order chi connectivity index (χ0) is 10.1. The van der Waals surface area contributed by atoms with Gasteiger partial charge in [-0.2, -0.15) is 0 Å². The molecule has 0 spiro atoms. The lowest BCUT2D eigenvalue weighted by molar-refractivity contribution is 0.165. The number of hydrogen-bond donors (Lipinski definition) is 1. The monoisotopic (exact) mass is 207 g/mol. The van der Waals surface area contributed by atoms with Crippen molar-refractivity contribution in [3.8, 4) is 0 Å². The summed E-state index contributed by atoms with van der Waals surface area (Å²) in [6, 6.07) is 2.66. The average Bonchev–Trinajstić information content (AvgIpc) is 3.00. The van der Waals surface area contributed by atoms with E-state index in [9.17, 15) is 0 Å². The first-order valence-electron chi connectivity index (χ1n) is 5.77. The topological polar surface area (TPSA) is 41.3 Å². The van der Waals surface area contributed by atoms with Crippen molar-refractivity contribution in [1.29, 1.82) is 0 Å². The van der Waals surface area contributed by atoms with Gasteiger partial charge in [-0.05, 0) is 18.8 Å². The molecule has 0 radical (unpaired) electrons. The summed E-state index contributed by atoms with van der Waals surface area (Å²) in [5.41, 5.74) is 0. The van der Waals surface area contributed by atoms with E-state index in [-0.39, 0.29) is 0 Å². The van der Waals surface area contributed by atoms with Gasteiger partial charge in [-0.25, -0.2) is 0 Å². The first-order chi connectivity index (χ1) is 7.42. The third-order valence-corrected chi connectivity index (χ3v) is 3.35. The largest absolute Gasteiger partial charge is 0.360 e. The summed E-state index contributed by atoms with van der Waals surface area (Å²) >= 11 is 0. The number of aromatic nitrogens is 1. The maximum absolute atomic E-state index is 5.14. The van der Waals surface area contributed by atoms with Crippen LogP contribution in [-0.2, 0) is 6.54 Å². The number of hydrogen-bond acceptors (Lipinski definition) is 4. The summed E-state index contributed by atoms with van der Waals surface area (Å²) in [4.78, 5) is 2.46. The minimum atomic E-state index is 0.710. The van der Waals surface area contributed by atoms with E-state index in [0.717, 1.165) is 37.9 Å². The number of nitrogens with one attached hydrogen (secondary N) is 1. The first-order valence-corrected chi connectivity index (χ1v) is 5.77. The molecule has 4 heteroatoms. The highest BCUT2D eigenvalue weighted by molar-refractivity contribution is 4.96.